The Hall–Kier alpha value is -0.830. The van der Waals surface area contributed by atoms with Gasteiger partial charge in [-0.1, -0.05) is 11.6 Å². The van der Waals surface area contributed by atoms with Crippen LogP contribution < -0.4 is 5.32 Å². The van der Waals surface area contributed by atoms with Crippen molar-refractivity contribution < 1.29 is 21.6 Å². The highest BCUT2D eigenvalue weighted by atomic mass is 35.5. The molecular formula is C11H14ClF3N2O2S. The van der Waals surface area contributed by atoms with Crippen LogP contribution in [-0.4, -0.2) is 39.8 Å². The summed E-state index contributed by atoms with van der Waals surface area (Å²) in [6.45, 7) is -0.955. The monoisotopic (exact) mass is 330 g/mol. The van der Waals surface area contributed by atoms with Crippen LogP contribution in [0.15, 0.2) is 17.0 Å². The Morgan fingerprint density at radius 2 is 2.00 bits per heavy atom. The number of benzene rings is 1. The molecule has 0 saturated carbocycles. The minimum absolute atomic E-state index is 0.0145. The SMILES string of the molecule is CNCc1cc(Cl)cc(S(=O)(=O)N(C)CC(F)F)c1F. The summed E-state index contributed by atoms with van der Waals surface area (Å²) in [5.41, 5.74) is 0.0454. The van der Waals surface area contributed by atoms with Gasteiger partial charge in [0.2, 0.25) is 10.0 Å². The van der Waals surface area contributed by atoms with Gasteiger partial charge >= 0.3 is 0 Å². The van der Waals surface area contributed by atoms with Crippen molar-refractivity contribution in [3.05, 3.63) is 28.5 Å². The molecule has 0 radical (unpaired) electrons. The molecule has 1 aromatic carbocycles. The summed E-state index contributed by atoms with van der Waals surface area (Å²) in [7, 11) is -1.85. The Bertz CT molecular complexity index is 581. The van der Waals surface area contributed by atoms with Crippen molar-refractivity contribution in [2.45, 2.75) is 17.9 Å². The van der Waals surface area contributed by atoms with E-state index < -0.39 is 33.7 Å². The van der Waals surface area contributed by atoms with Crippen LogP contribution in [0.5, 0.6) is 0 Å². The van der Waals surface area contributed by atoms with E-state index in [9.17, 15) is 21.6 Å². The summed E-state index contributed by atoms with van der Waals surface area (Å²) in [4.78, 5) is -0.710. The summed E-state index contributed by atoms with van der Waals surface area (Å²) < 4.78 is 63.2. The second-order valence-corrected chi connectivity index (χ2v) is 6.53. The standard InChI is InChI=1S/C11H14ClF3N2O2S/c1-16-5-7-3-8(12)4-9(11(7)15)20(18,19)17(2)6-10(13)14/h3-4,10,16H,5-6H2,1-2H3. The number of alkyl halides is 2. The number of nitrogens with one attached hydrogen (secondary N) is 1. The zero-order valence-electron chi connectivity index (χ0n) is 10.8. The lowest BCUT2D eigenvalue weighted by molar-refractivity contribution is 0.126. The maximum Gasteiger partial charge on any atom is 0.252 e. The molecule has 0 aliphatic carbocycles. The molecule has 0 aliphatic rings. The van der Waals surface area contributed by atoms with Gasteiger partial charge in [-0.25, -0.2) is 21.6 Å². The van der Waals surface area contributed by atoms with E-state index in [0.717, 1.165) is 13.1 Å². The third-order valence-corrected chi connectivity index (χ3v) is 4.57. The van der Waals surface area contributed by atoms with E-state index in [1.54, 1.807) is 7.05 Å². The van der Waals surface area contributed by atoms with Gasteiger partial charge in [-0.05, 0) is 19.2 Å². The van der Waals surface area contributed by atoms with Crippen molar-refractivity contribution in [2.75, 3.05) is 20.6 Å². The highest BCUT2D eigenvalue weighted by Gasteiger charge is 2.28. The van der Waals surface area contributed by atoms with Gasteiger partial charge in [-0.2, -0.15) is 4.31 Å². The van der Waals surface area contributed by atoms with Gasteiger partial charge in [0, 0.05) is 24.2 Å². The molecule has 0 unspecified atom stereocenters. The first-order valence-corrected chi connectivity index (χ1v) is 7.39. The number of halogens is 4. The first-order valence-electron chi connectivity index (χ1n) is 5.57. The largest absolute Gasteiger partial charge is 0.316 e. The second-order valence-electron chi connectivity index (χ2n) is 4.08. The van der Waals surface area contributed by atoms with Gasteiger partial charge in [0.15, 0.2) is 0 Å². The maximum absolute atomic E-state index is 14.1. The average molecular weight is 331 g/mol. The van der Waals surface area contributed by atoms with Crippen molar-refractivity contribution in [1.29, 1.82) is 0 Å². The molecule has 0 fully saturated rings. The van der Waals surface area contributed by atoms with Gasteiger partial charge in [0.25, 0.3) is 6.43 Å². The molecule has 0 heterocycles. The highest BCUT2D eigenvalue weighted by Crippen LogP contribution is 2.26. The van der Waals surface area contributed by atoms with Crippen molar-refractivity contribution in [3.63, 3.8) is 0 Å². The minimum atomic E-state index is -4.36. The van der Waals surface area contributed by atoms with Crippen molar-refractivity contribution in [3.8, 4) is 0 Å². The Morgan fingerprint density at radius 1 is 1.40 bits per heavy atom. The van der Waals surface area contributed by atoms with E-state index >= 15 is 0 Å². The van der Waals surface area contributed by atoms with Crippen molar-refractivity contribution >= 4 is 21.6 Å². The summed E-state index contributed by atoms with van der Waals surface area (Å²) >= 11 is 5.75. The molecule has 0 amide bonds. The van der Waals surface area contributed by atoms with E-state index in [2.05, 4.69) is 5.32 Å². The van der Waals surface area contributed by atoms with Crippen LogP contribution in [0.4, 0.5) is 13.2 Å². The minimum Gasteiger partial charge on any atom is -0.316 e. The second kappa shape index (κ2) is 6.75. The van der Waals surface area contributed by atoms with Gasteiger partial charge < -0.3 is 5.32 Å². The molecule has 0 saturated heterocycles. The molecule has 0 spiro atoms. The van der Waals surface area contributed by atoms with Crippen LogP contribution >= 0.6 is 11.6 Å². The molecule has 1 aromatic rings. The van der Waals surface area contributed by atoms with Crippen LogP contribution in [0.25, 0.3) is 0 Å². The maximum atomic E-state index is 14.1. The van der Waals surface area contributed by atoms with Gasteiger partial charge in [-0.15, -0.1) is 0 Å². The van der Waals surface area contributed by atoms with Crippen LogP contribution in [0, 0.1) is 5.82 Å². The van der Waals surface area contributed by atoms with Crippen LogP contribution in [0.2, 0.25) is 5.02 Å². The molecule has 1 N–H and O–H groups in total. The zero-order chi connectivity index (χ0) is 15.5. The van der Waals surface area contributed by atoms with E-state index in [1.807, 2.05) is 0 Å². The zero-order valence-corrected chi connectivity index (χ0v) is 12.4. The Labute approximate surface area is 120 Å². The quantitative estimate of drug-likeness (QED) is 0.869. The smallest absolute Gasteiger partial charge is 0.252 e. The number of rotatable bonds is 6. The Balaban J connectivity index is 3.31. The summed E-state index contributed by atoms with van der Waals surface area (Å²) in [6.07, 6.45) is -2.85. The average Bonchev–Trinajstić information content (AvgIpc) is 2.32. The van der Waals surface area contributed by atoms with E-state index in [-0.39, 0.29) is 17.1 Å². The van der Waals surface area contributed by atoms with Crippen molar-refractivity contribution in [1.82, 2.24) is 9.62 Å². The van der Waals surface area contributed by atoms with Crippen molar-refractivity contribution in [2.24, 2.45) is 0 Å². The summed E-state index contributed by atoms with van der Waals surface area (Å²) in [5, 5.41) is 2.68. The predicted octanol–water partition coefficient (Wildman–Crippen LogP) is 2.08. The number of sulfonamides is 1. The topological polar surface area (TPSA) is 49.4 Å². The Kier molecular flexibility index (Phi) is 5.81. The van der Waals surface area contributed by atoms with Gasteiger partial charge in [0.05, 0.1) is 6.54 Å². The van der Waals surface area contributed by atoms with Crippen LogP contribution in [-0.2, 0) is 16.6 Å². The molecule has 0 bridgehead atoms. The first-order chi connectivity index (χ1) is 9.20. The molecule has 0 atom stereocenters. The van der Waals surface area contributed by atoms with E-state index in [0.29, 0.717) is 4.31 Å². The molecule has 20 heavy (non-hydrogen) atoms. The number of hydrogen-bond acceptors (Lipinski definition) is 3. The third kappa shape index (κ3) is 3.85. The van der Waals surface area contributed by atoms with Gasteiger partial charge in [-0.3, -0.25) is 0 Å². The Morgan fingerprint density at radius 3 is 2.50 bits per heavy atom. The molecule has 1 rings (SSSR count). The number of nitrogens with zero attached hydrogens (tertiary/aromatic N) is 1. The summed E-state index contributed by atoms with van der Waals surface area (Å²) in [5.74, 6) is -0.995. The summed E-state index contributed by atoms with van der Waals surface area (Å²) in [6, 6.07) is 2.19. The molecule has 0 aliphatic heterocycles. The third-order valence-electron chi connectivity index (χ3n) is 2.53. The fraction of sp³-hybridized carbons (Fsp3) is 0.455. The molecule has 4 nitrogen and oxygen atoms in total. The van der Waals surface area contributed by atoms with E-state index in [4.69, 9.17) is 11.6 Å². The molecular weight excluding hydrogens is 317 g/mol. The first kappa shape index (κ1) is 17.2. The fourth-order valence-corrected chi connectivity index (χ4v) is 3.17. The number of hydrogen-bond donors (Lipinski definition) is 1. The van der Waals surface area contributed by atoms with E-state index in [1.165, 1.54) is 6.07 Å². The highest BCUT2D eigenvalue weighted by molar-refractivity contribution is 7.89. The molecule has 114 valence electrons. The molecule has 9 heteroatoms. The molecule has 0 aromatic heterocycles. The van der Waals surface area contributed by atoms with Crippen LogP contribution in [0.1, 0.15) is 5.56 Å². The lowest BCUT2D eigenvalue weighted by Gasteiger charge is -2.18. The normalized spacial score (nSPS) is 12.4. The predicted molar refractivity (Wildman–Crippen MR) is 70.0 cm³/mol. The fourth-order valence-electron chi connectivity index (χ4n) is 1.59. The van der Waals surface area contributed by atoms with Gasteiger partial charge in [0.1, 0.15) is 10.7 Å². The van der Waals surface area contributed by atoms with Crippen LogP contribution in [0.3, 0.4) is 0 Å². The lowest BCUT2D eigenvalue weighted by atomic mass is 10.2. The lowest BCUT2D eigenvalue weighted by Crippen LogP contribution is -2.32.